The first-order chi connectivity index (χ1) is 10.9. The summed E-state index contributed by atoms with van der Waals surface area (Å²) in [6, 6.07) is 16.2. The van der Waals surface area contributed by atoms with Gasteiger partial charge in [-0.15, -0.1) is 0 Å². The quantitative estimate of drug-likeness (QED) is 0.685. The van der Waals surface area contributed by atoms with Crippen LogP contribution in [0.15, 0.2) is 72.3 Å². The highest BCUT2D eigenvalue weighted by Crippen LogP contribution is 2.22. The summed E-state index contributed by atoms with van der Waals surface area (Å²) in [6.45, 7) is 0. The third-order valence-electron chi connectivity index (χ3n) is 4.63. The maximum absolute atomic E-state index is 2.39. The summed E-state index contributed by atoms with van der Waals surface area (Å²) in [6.07, 6.45) is 15.3. The number of hydrogen-bond donors (Lipinski definition) is 0. The van der Waals surface area contributed by atoms with Crippen LogP contribution in [-0.4, -0.2) is 0 Å². The van der Waals surface area contributed by atoms with Crippen molar-refractivity contribution in [2.45, 2.75) is 25.7 Å². The SMILES string of the molecule is C1=CC(=Cc2cc3ccc2CCc2ccc(cc2)CC3)C=C1. The Hall–Kier alpha value is -2.34. The summed E-state index contributed by atoms with van der Waals surface area (Å²) in [5, 5.41) is 0. The second-order valence-corrected chi connectivity index (χ2v) is 6.21. The predicted octanol–water partition coefficient (Wildman–Crippen LogP) is 5.08. The molecule has 5 aliphatic rings. The molecule has 0 nitrogen and oxygen atoms in total. The zero-order valence-electron chi connectivity index (χ0n) is 12.8. The van der Waals surface area contributed by atoms with E-state index in [1.165, 1.54) is 33.4 Å². The lowest BCUT2D eigenvalue weighted by atomic mass is 9.92. The third kappa shape index (κ3) is 2.82. The van der Waals surface area contributed by atoms with Crippen LogP contribution in [0.2, 0.25) is 0 Å². The van der Waals surface area contributed by atoms with Gasteiger partial charge in [0.05, 0.1) is 0 Å². The Labute approximate surface area is 132 Å². The van der Waals surface area contributed by atoms with Gasteiger partial charge in [0, 0.05) is 0 Å². The van der Waals surface area contributed by atoms with Gasteiger partial charge in [0.2, 0.25) is 0 Å². The van der Waals surface area contributed by atoms with Crippen LogP contribution >= 0.6 is 0 Å². The zero-order valence-corrected chi connectivity index (χ0v) is 12.8. The summed E-state index contributed by atoms with van der Waals surface area (Å²) in [7, 11) is 0. The molecule has 0 fully saturated rings. The van der Waals surface area contributed by atoms with E-state index >= 15 is 0 Å². The molecule has 0 radical (unpaired) electrons. The molecular formula is C22H20. The molecule has 0 N–H and O–H groups in total. The molecule has 0 saturated carbocycles. The second-order valence-electron chi connectivity index (χ2n) is 6.21. The predicted molar refractivity (Wildman–Crippen MR) is 94.0 cm³/mol. The van der Waals surface area contributed by atoms with Crippen LogP contribution in [0.4, 0.5) is 0 Å². The summed E-state index contributed by atoms with van der Waals surface area (Å²) in [5.74, 6) is 0. The van der Waals surface area contributed by atoms with Gasteiger partial charge in [-0.2, -0.15) is 0 Å². The van der Waals surface area contributed by atoms with Gasteiger partial charge in [-0.25, -0.2) is 0 Å². The maximum atomic E-state index is 2.39. The largest absolute Gasteiger partial charge is 0.0617 e. The third-order valence-corrected chi connectivity index (χ3v) is 4.63. The van der Waals surface area contributed by atoms with E-state index in [-0.39, 0.29) is 0 Å². The van der Waals surface area contributed by atoms with Crippen molar-refractivity contribution >= 4 is 6.08 Å². The van der Waals surface area contributed by atoms with Crippen molar-refractivity contribution in [3.8, 4) is 0 Å². The molecule has 2 aromatic carbocycles. The lowest BCUT2D eigenvalue weighted by Gasteiger charge is -2.13. The molecule has 0 saturated heterocycles. The van der Waals surface area contributed by atoms with Crippen LogP contribution in [0.5, 0.6) is 0 Å². The van der Waals surface area contributed by atoms with Gasteiger partial charge in [0.1, 0.15) is 0 Å². The number of allylic oxidation sites excluding steroid dienone is 5. The molecule has 0 aliphatic heterocycles. The molecule has 0 amide bonds. The van der Waals surface area contributed by atoms with Gasteiger partial charge in [0.25, 0.3) is 0 Å². The van der Waals surface area contributed by atoms with Crippen molar-refractivity contribution < 1.29 is 0 Å². The van der Waals surface area contributed by atoms with Crippen LogP contribution in [0.25, 0.3) is 6.08 Å². The molecule has 0 heteroatoms. The summed E-state index contributed by atoms with van der Waals surface area (Å²) >= 11 is 0. The number of aryl methyl sites for hydroxylation is 4. The fourth-order valence-electron chi connectivity index (χ4n) is 3.27. The van der Waals surface area contributed by atoms with E-state index in [2.05, 4.69) is 72.8 Å². The Morgan fingerprint density at radius 1 is 0.636 bits per heavy atom. The minimum Gasteiger partial charge on any atom is -0.0617 e. The molecular weight excluding hydrogens is 264 g/mol. The van der Waals surface area contributed by atoms with E-state index in [0.717, 1.165) is 25.7 Å². The van der Waals surface area contributed by atoms with Gasteiger partial charge >= 0.3 is 0 Å². The highest BCUT2D eigenvalue weighted by molar-refractivity contribution is 5.65. The number of benzene rings is 2. The van der Waals surface area contributed by atoms with E-state index < -0.39 is 0 Å². The minimum atomic E-state index is 1.10. The fourth-order valence-corrected chi connectivity index (χ4v) is 3.27. The first-order valence-corrected chi connectivity index (χ1v) is 8.13. The van der Waals surface area contributed by atoms with Gasteiger partial charge in [-0.05, 0) is 65.1 Å². The van der Waals surface area contributed by atoms with Gasteiger partial charge in [0.15, 0.2) is 0 Å². The van der Waals surface area contributed by atoms with E-state index in [4.69, 9.17) is 0 Å². The molecule has 0 spiro atoms. The fraction of sp³-hybridized carbons (Fsp3) is 0.182. The Bertz CT molecular complexity index is 756. The van der Waals surface area contributed by atoms with E-state index in [1.54, 1.807) is 0 Å². The molecule has 5 aliphatic carbocycles. The highest BCUT2D eigenvalue weighted by Gasteiger charge is 2.07. The lowest BCUT2D eigenvalue weighted by Crippen LogP contribution is -2.00. The summed E-state index contributed by atoms with van der Waals surface area (Å²) in [4.78, 5) is 0. The van der Waals surface area contributed by atoms with Crippen molar-refractivity contribution in [1.82, 2.24) is 0 Å². The summed E-state index contributed by atoms with van der Waals surface area (Å²) < 4.78 is 0. The number of hydrogen-bond acceptors (Lipinski definition) is 0. The highest BCUT2D eigenvalue weighted by atomic mass is 14.1. The molecule has 0 aromatic heterocycles. The zero-order chi connectivity index (χ0) is 14.8. The van der Waals surface area contributed by atoms with Crippen LogP contribution in [0.1, 0.15) is 27.8 Å². The smallest absolute Gasteiger partial charge is 0.0216 e. The van der Waals surface area contributed by atoms with Crippen molar-refractivity contribution in [3.63, 3.8) is 0 Å². The summed E-state index contributed by atoms with van der Waals surface area (Å²) in [5.41, 5.74) is 8.45. The van der Waals surface area contributed by atoms with Crippen LogP contribution in [0.3, 0.4) is 0 Å². The molecule has 0 heterocycles. The first-order valence-electron chi connectivity index (χ1n) is 8.13. The second kappa shape index (κ2) is 5.81. The lowest BCUT2D eigenvalue weighted by molar-refractivity contribution is 0.919. The average Bonchev–Trinajstić information content (AvgIpc) is 3.04. The minimum absolute atomic E-state index is 1.10. The molecule has 0 atom stereocenters. The van der Waals surface area contributed by atoms with Crippen LogP contribution in [0, 0.1) is 0 Å². The molecule has 22 heavy (non-hydrogen) atoms. The molecule has 4 bridgehead atoms. The van der Waals surface area contributed by atoms with E-state index in [1.807, 2.05) is 0 Å². The van der Waals surface area contributed by atoms with Crippen molar-refractivity contribution in [2.24, 2.45) is 0 Å². The average molecular weight is 284 g/mol. The molecule has 108 valence electrons. The molecule has 2 aromatic rings. The Morgan fingerprint density at radius 2 is 1.23 bits per heavy atom. The molecule has 0 unspecified atom stereocenters. The molecule has 7 rings (SSSR count). The normalized spacial score (nSPS) is 15.9. The first kappa shape index (κ1) is 13.3. The topological polar surface area (TPSA) is 0 Å². The van der Waals surface area contributed by atoms with Gasteiger partial charge in [-0.1, -0.05) is 66.8 Å². The number of rotatable bonds is 1. The van der Waals surface area contributed by atoms with Crippen molar-refractivity contribution in [3.05, 3.63) is 100 Å². The van der Waals surface area contributed by atoms with E-state index in [0.29, 0.717) is 0 Å². The van der Waals surface area contributed by atoms with Gasteiger partial charge < -0.3 is 0 Å². The van der Waals surface area contributed by atoms with Crippen molar-refractivity contribution in [2.75, 3.05) is 0 Å². The Balaban J connectivity index is 1.74. The van der Waals surface area contributed by atoms with E-state index in [9.17, 15) is 0 Å². The van der Waals surface area contributed by atoms with Crippen LogP contribution < -0.4 is 0 Å². The maximum Gasteiger partial charge on any atom is -0.0216 e. The van der Waals surface area contributed by atoms with Crippen LogP contribution in [-0.2, 0) is 25.7 Å². The van der Waals surface area contributed by atoms with Crippen molar-refractivity contribution in [1.29, 1.82) is 0 Å². The Kier molecular flexibility index (Phi) is 3.52. The van der Waals surface area contributed by atoms with Gasteiger partial charge in [-0.3, -0.25) is 0 Å². The monoisotopic (exact) mass is 284 g/mol. The standard InChI is InChI=1S/C22H20/c1-2-4-19(3-1)15-22-16-20-10-9-17-5-7-18(8-6-17)11-13-21(22)14-12-20/h1-8,12,14-16H,9-11,13H2. The Morgan fingerprint density at radius 3 is 1.95 bits per heavy atom.